The van der Waals surface area contributed by atoms with Gasteiger partial charge in [0, 0.05) is 0 Å². The van der Waals surface area contributed by atoms with Crippen LogP contribution >= 0.6 is 0 Å². The fourth-order valence-electron chi connectivity index (χ4n) is 2.13. The molecule has 1 aromatic rings. The van der Waals surface area contributed by atoms with Crippen molar-refractivity contribution in [3.05, 3.63) is 29.3 Å². The first kappa shape index (κ1) is 13.3. The van der Waals surface area contributed by atoms with Gasteiger partial charge in [0.2, 0.25) is 0 Å². The van der Waals surface area contributed by atoms with Crippen LogP contribution in [-0.4, -0.2) is 28.8 Å². The third-order valence-electron chi connectivity index (χ3n) is 3.35. The molecule has 100 valence electrons. The molecule has 0 aromatic heterocycles. The van der Waals surface area contributed by atoms with Crippen molar-refractivity contribution < 1.29 is 19.5 Å². The average Bonchev–Trinajstić information content (AvgIpc) is 2.61. The Kier molecular flexibility index (Phi) is 3.14. The maximum atomic E-state index is 11.9. The van der Waals surface area contributed by atoms with Crippen molar-refractivity contribution in [3.8, 4) is 0 Å². The van der Waals surface area contributed by atoms with E-state index in [-0.39, 0.29) is 5.92 Å². The lowest BCUT2D eigenvalue weighted by molar-refractivity contribution is -0.139. The minimum Gasteiger partial charge on any atom is -0.480 e. The number of carbonyl (C=O) groups excluding carboxylic acids is 2. The van der Waals surface area contributed by atoms with Crippen LogP contribution in [0, 0.1) is 0 Å². The van der Waals surface area contributed by atoms with Crippen LogP contribution in [0.5, 0.6) is 0 Å². The van der Waals surface area contributed by atoms with Gasteiger partial charge in [-0.3, -0.25) is 14.5 Å². The molecule has 0 spiro atoms. The zero-order valence-electron chi connectivity index (χ0n) is 11.0. The fourth-order valence-corrected chi connectivity index (χ4v) is 2.13. The Labute approximate surface area is 110 Å². The Morgan fingerprint density at radius 3 is 2.37 bits per heavy atom. The van der Waals surface area contributed by atoms with Gasteiger partial charge < -0.3 is 5.11 Å². The largest absolute Gasteiger partial charge is 0.480 e. The van der Waals surface area contributed by atoms with Gasteiger partial charge in [-0.05, 0) is 30.5 Å². The van der Waals surface area contributed by atoms with E-state index in [4.69, 9.17) is 5.11 Å². The molecule has 1 heterocycles. The highest BCUT2D eigenvalue weighted by Crippen LogP contribution is 2.33. The van der Waals surface area contributed by atoms with Crippen LogP contribution in [0.4, 0.5) is 5.69 Å². The summed E-state index contributed by atoms with van der Waals surface area (Å²) >= 11 is 0. The van der Waals surface area contributed by atoms with Gasteiger partial charge in [-0.1, -0.05) is 19.9 Å². The second-order valence-corrected chi connectivity index (χ2v) is 4.95. The van der Waals surface area contributed by atoms with Crippen molar-refractivity contribution in [1.29, 1.82) is 0 Å². The molecule has 5 heteroatoms. The molecule has 0 aliphatic carbocycles. The molecule has 2 rings (SSSR count). The summed E-state index contributed by atoms with van der Waals surface area (Å²) in [5, 5.41) is 9.01. The SMILES string of the molecule is CC(C)c1ccc2c(c1)C(=O)C(=O)N2C(C)C(=O)O. The van der Waals surface area contributed by atoms with Crippen LogP contribution in [0.3, 0.4) is 0 Å². The van der Waals surface area contributed by atoms with Crippen LogP contribution < -0.4 is 4.90 Å². The molecule has 1 unspecified atom stereocenters. The quantitative estimate of drug-likeness (QED) is 0.842. The van der Waals surface area contributed by atoms with Gasteiger partial charge in [0.1, 0.15) is 6.04 Å². The third kappa shape index (κ3) is 2.01. The van der Waals surface area contributed by atoms with Crippen molar-refractivity contribution >= 4 is 23.3 Å². The van der Waals surface area contributed by atoms with E-state index in [1.54, 1.807) is 12.1 Å². The minimum atomic E-state index is -1.14. The van der Waals surface area contributed by atoms with Gasteiger partial charge >= 0.3 is 5.97 Å². The number of carbonyl (C=O) groups is 3. The number of nitrogens with zero attached hydrogens (tertiary/aromatic N) is 1. The Bertz CT molecular complexity index is 577. The summed E-state index contributed by atoms with van der Waals surface area (Å²) in [6.45, 7) is 5.36. The van der Waals surface area contributed by atoms with E-state index in [1.165, 1.54) is 6.92 Å². The number of carboxylic acid groups (broad SMARTS) is 1. The van der Waals surface area contributed by atoms with E-state index in [2.05, 4.69) is 0 Å². The summed E-state index contributed by atoms with van der Waals surface area (Å²) in [5.74, 6) is -2.31. The molecule has 0 fully saturated rings. The molecule has 19 heavy (non-hydrogen) atoms. The topological polar surface area (TPSA) is 74.7 Å². The van der Waals surface area contributed by atoms with Crippen molar-refractivity contribution in [2.45, 2.75) is 32.7 Å². The summed E-state index contributed by atoms with van der Waals surface area (Å²) in [6, 6.07) is 4.08. The Morgan fingerprint density at radius 2 is 1.84 bits per heavy atom. The zero-order chi connectivity index (χ0) is 14.3. The van der Waals surface area contributed by atoms with Gasteiger partial charge in [0.25, 0.3) is 11.7 Å². The number of hydrogen-bond acceptors (Lipinski definition) is 3. The standard InChI is InChI=1S/C14H15NO4/c1-7(2)9-4-5-11-10(6-9)12(16)13(17)15(11)8(3)14(18)19/h4-8H,1-3H3,(H,18,19). The minimum absolute atomic E-state index is 0.235. The van der Waals surface area contributed by atoms with E-state index >= 15 is 0 Å². The highest BCUT2D eigenvalue weighted by Gasteiger charge is 2.40. The highest BCUT2D eigenvalue weighted by molar-refractivity contribution is 6.52. The van der Waals surface area contributed by atoms with E-state index in [0.717, 1.165) is 10.5 Å². The summed E-state index contributed by atoms with van der Waals surface area (Å²) in [6.07, 6.45) is 0. The second-order valence-electron chi connectivity index (χ2n) is 4.95. The predicted molar refractivity (Wildman–Crippen MR) is 69.4 cm³/mol. The number of ketones is 1. The zero-order valence-corrected chi connectivity index (χ0v) is 11.0. The molecule has 0 radical (unpaired) electrons. The highest BCUT2D eigenvalue weighted by atomic mass is 16.4. The van der Waals surface area contributed by atoms with E-state index in [1.807, 2.05) is 19.9 Å². The Balaban J connectivity index is 2.53. The molecule has 1 N–H and O–H groups in total. The monoisotopic (exact) mass is 261 g/mol. The van der Waals surface area contributed by atoms with Gasteiger partial charge in [0.05, 0.1) is 11.3 Å². The molecule has 0 bridgehead atoms. The first-order valence-electron chi connectivity index (χ1n) is 6.09. The van der Waals surface area contributed by atoms with Gasteiger partial charge in [-0.2, -0.15) is 0 Å². The second kappa shape index (κ2) is 4.50. The van der Waals surface area contributed by atoms with Gasteiger partial charge in [0.15, 0.2) is 0 Å². The Morgan fingerprint density at radius 1 is 1.21 bits per heavy atom. The summed E-state index contributed by atoms with van der Waals surface area (Å²) in [7, 11) is 0. The summed E-state index contributed by atoms with van der Waals surface area (Å²) in [4.78, 5) is 35.9. The lowest BCUT2D eigenvalue weighted by atomic mass is 9.99. The van der Waals surface area contributed by atoms with Crippen LogP contribution in [0.25, 0.3) is 0 Å². The lowest BCUT2D eigenvalue weighted by Crippen LogP contribution is -2.42. The molecule has 5 nitrogen and oxygen atoms in total. The van der Waals surface area contributed by atoms with Gasteiger partial charge in [-0.15, -0.1) is 0 Å². The average molecular weight is 261 g/mol. The first-order chi connectivity index (χ1) is 8.84. The van der Waals surface area contributed by atoms with Crippen molar-refractivity contribution in [2.24, 2.45) is 0 Å². The van der Waals surface area contributed by atoms with Crippen LogP contribution in [0.1, 0.15) is 42.6 Å². The van der Waals surface area contributed by atoms with E-state index in [9.17, 15) is 14.4 Å². The number of rotatable bonds is 3. The molecule has 0 saturated heterocycles. The lowest BCUT2D eigenvalue weighted by Gasteiger charge is -2.21. The van der Waals surface area contributed by atoms with Gasteiger partial charge in [-0.25, -0.2) is 4.79 Å². The van der Waals surface area contributed by atoms with Crippen LogP contribution in [-0.2, 0) is 9.59 Å². The van der Waals surface area contributed by atoms with Crippen LogP contribution in [0.15, 0.2) is 18.2 Å². The van der Waals surface area contributed by atoms with Crippen molar-refractivity contribution in [2.75, 3.05) is 4.90 Å². The van der Waals surface area contributed by atoms with E-state index in [0.29, 0.717) is 11.3 Å². The number of fused-ring (bicyclic) bond motifs is 1. The predicted octanol–water partition coefficient (Wildman–Crippen LogP) is 1.81. The molecule has 0 saturated carbocycles. The number of Topliss-reactive ketones (excluding diaryl/α,β-unsaturated/α-hetero) is 1. The molecule has 1 aliphatic heterocycles. The number of hydrogen-bond donors (Lipinski definition) is 1. The van der Waals surface area contributed by atoms with Crippen molar-refractivity contribution in [1.82, 2.24) is 0 Å². The Hall–Kier alpha value is -2.17. The molecular formula is C14H15NO4. The van der Waals surface area contributed by atoms with Crippen molar-refractivity contribution in [3.63, 3.8) is 0 Å². The first-order valence-corrected chi connectivity index (χ1v) is 6.09. The number of anilines is 1. The summed E-state index contributed by atoms with van der Waals surface area (Å²) in [5.41, 5.74) is 1.63. The van der Waals surface area contributed by atoms with E-state index < -0.39 is 23.7 Å². The maximum Gasteiger partial charge on any atom is 0.326 e. The van der Waals surface area contributed by atoms with Crippen LogP contribution in [0.2, 0.25) is 0 Å². The molecular weight excluding hydrogens is 246 g/mol. The molecule has 1 atom stereocenters. The third-order valence-corrected chi connectivity index (χ3v) is 3.35. The smallest absolute Gasteiger partial charge is 0.326 e. The fraction of sp³-hybridized carbons (Fsp3) is 0.357. The molecule has 1 amide bonds. The summed E-state index contributed by atoms with van der Waals surface area (Å²) < 4.78 is 0. The number of amides is 1. The molecule has 1 aliphatic rings. The number of carboxylic acids is 1. The normalized spacial score (nSPS) is 15.9. The maximum absolute atomic E-state index is 11.9. The number of aliphatic carboxylic acids is 1. The molecule has 1 aromatic carbocycles. The number of benzene rings is 1.